The van der Waals surface area contributed by atoms with Gasteiger partial charge in [-0.2, -0.15) is 0 Å². The Labute approximate surface area is 118 Å². The summed E-state index contributed by atoms with van der Waals surface area (Å²) in [6.45, 7) is 0. The van der Waals surface area contributed by atoms with Crippen LogP contribution in [-0.2, 0) is 4.74 Å². The number of methoxy groups -OCH3 is 1. The van der Waals surface area contributed by atoms with Gasteiger partial charge in [-0.3, -0.25) is 4.98 Å². The largest absolute Gasteiger partial charge is 0.488 e. The first kappa shape index (κ1) is 13.2. The van der Waals surface area contributed by atoms with Crippen molar-refractivity contribution < 1.29 is 9.47 Å². The third-order valence-corrected chi connectivity index (χ3v) is 3.99. The van der Waals surface area contributed by atoms with E-state index in [9.17, 15) is 0 Å². The number of ether oxygens (including phenoxy) is 2. The Hall–Kier alpha value is -1.81. The summed E-state index contributed by atoms with van der Waals surface area (Å²) in [5.41, 5.74) is 7.78. The Morgan fingerprint density at radius 1 is 1.20 bits per heavy atom. The van der Waals surface area contributed by atoms with E-state index in [1.54, 1.807) is 13.3 Å². The van der Waals surface area contributed by atoms with Crippen LogP contribution in [0, 0.1) is 0 Å². The fourth-order valence-corrected chi connectivity index (χ4v) is 2.86. The van der Waals surface area contributed by atoms with E-state index in [0.29, 0.717) is 11.8 Å². The smallest absolute Gasteiger partial charge is 0.143 e. The molecule has 2 N–H and O–H groups in total. The van der Waals surface area contributed by atoms with E-state index >= 15 is 0 Å². The number of nitrogen functional groups attached to an aromatic ring is 1. The fraction of sp³-hybridized carbons (Fsp3) is 0.438. The van der Waals surface area contributed by atoms with Crippen LogP contribution in [0.25, 0.3) is 10.9 Å². The lowest BCUT2D eigenvalue weighted by molar-refractivity contribution is 0.0212. The average molecular weight is 272 g/mol. The van der Waals surface area contributed by atoms with Gasteiger partial charge >= 0.3 is 0 Å². The predicted octanol–water partition coefficient (Wildman–Crippen LogP) is 3.15. The lowest BCUT2D eigenvalue weighted by Crippen LogP contribution is -2.29. The van der Waals surface area contributed by atoms with Gasteiger partial charge in [-0.25, -0.2) is 0 Å². The molecule has 1 aromatic carbocycles. The molecule has 0 saturated heterocycles. The molecular formula is C16H20N2O2. The van der Waals surface area contributed by atoms with Gasteiger partial charge in [0, 0.05) is 25.1 Å². The molecule has 0 radical (unpaired) electrons. The van der Waals surface area contributed by atoms with Crippen LogP contribution in [0.15, 0.2) is 30.5 Å². The van der Waals surface area contributed by atoms with Crippen LogP contribution in [0.1, 0.15) is 25.7 Å². The summed E-state index contributed by atoms with van der Waals surface area (Å²) in [6.07, 6.45) is 6.51. The summed E-state index contributed by atoms with van der Waals surface area (Å²) < 4.78 is 11.5. The number of aromatic nitrogens is 1. The second-order valence-corrected chi connectivity index (χ2v) is 5.31. The fourth-order valence-electron chi connectivity index (χ4n) is 2.86. The number of nitrogens with two attached hydrogens (primary N) is 1. The van der Waals surface area contributed by atoms with Gasteiger partial charge in [0.1, 0.15) is 11.9 Å². The van der Waals surface area contributed by atoms with Crippen molar-refractivity contribution in [1.29, 1.82) is 0 Å². The second-order valence-electron chi connectivity index (χ2n) is 5.31. The first-order chi connectivity index (χ1) is 9.78. The van der Waals surface area contributed by atoms with Crippen molar-refractivity contribution >= 4 is 16.6 Å². The molecule has 2 atom stereocenters. The molecule has 1 heterocycles. The van der Waals surface area contributed by atoms with E-state index in [2.05, 4.69) is 4.98 Å². The molecule has 2 aromatic rings. The van der Waals surface area contributed by atoms with E-state index in [1.165, 1.54) is 0 Å². The quantitative estimate of drug-likeness (QED) is 0.872. The average Bonchev–Trinajstić information content (AvgIpc) is 2.50. The molecule has 1 aromatic heterocycles. The van der Waals surface area contributed by atoms with Gasteiger partial charge in [-0.15, -0.1) is 0 Å². The monoisotopic (exact) mass is 272 g/mol. The maximum Gasteiger partial charge on any atom is 0.143 e. The highest BCUT2D eigenvalue weighted by molar-refractivity contribution is 5.93. The Morgan fingerprint density at radius 2 is 2.05 bits per heavy atom. The van der Waals surface area contributed by atoms with E-state index in [0.717, 1.165) is 42.3 Å². The van der Waals surface area contributed by atoms with Crippen molar-refractivity contribution in [1.82, 2.24) is 4.98 Å². The highest BCUT2D eigenvalue weighted by Crippen LogP contribution is 2.32. The molecule has 4 heteroatoms. The zero-order valence-electron chi connectivity index (χ0n) is 11.7. The first-order valence-electron chi connectivity index (χ1n) is 7.10. The van der Waals surface area contributed by atoms with Crippen molar-refractivity contribution in [2.24, 2.45) is 0 Å². The van der Waals surface area contributed by atoms with Crippen molar-refractivity contribution in [2.75, 3.05) is 12.8 Å². The molecule has 1 fully saturated rings. The van der Waals surface area contributed by atoms with Crippen LogP contribution in [0.4, 0.5) is 5.69 Å². The lowest BCUT2D eigenvalue weighted by atomic mass is 9.95. The van der Waals surface area contributed by atoms with Crippen molar-refractivity contribution in [3.05, 3.63) is 30.5 Å². The van der Waals surface area contributed by atoms with Gasteiger partial charge in [-0.05, 0) is 43.5 Å². The molecule has 1 aliphatic carbocycles. The van der Waals surface area contributed by atoms with Crippen LogP contribution in [0.3, 0.4) is 0 Å². The van der Waals surface area contributed by atoms with Gasteiger partial charge in [0.2, 0.25) is 0 Å². The summed E-state index contributed by atoms with van der Waals surface area (Å²) >= 11 is 0. The number of nitrogens with zero attached hydrogens (tertiary/aromatic N) is 1. The van der Waals surface area contributed by atoms with Gasteiger partial charge in [0.05, 0.1) is 17.3 Å². The molecule has 0 bridgehead atoms. The summed E-state index contributed by atoms with van der Waals surface area (Å²) in [5, 5.41) is 0.948. The highest BCUT2D eigenvalue weighted by Gasteiger charge is 2.23. The number of benzene rings is 1. The summed E-state index contributed by atoms with van der Waals surface area (Å²) in [4.78, 5) is 4.30. The second kappa shape index (κ2) is 5.67. The molecule has 1 saturated carbocycles. The van der Waals surface area contributed by atoms with E-state index in [4.69, 9.17) is 15.2 Å². The number of fused-ring (bicyclic) bond motifs is 1. The maximum atomic E-state index is 6.21. The summed E-state index contributed by atoms with van der Waals surface area (Å²) in [7, 11) is 1.77. The zero-order valence-corrected chi connectivity index (χ0v) is 11.7. The Kier molecular flexibility index (Phi) is 3.74. The van der Waals surface area contributed by atoms with Gasteiger partial charge in [-0.1, -0.05) is 0 Å². The summed E-state index contributed by atoms with van der Waals surface area (Å²) in [6, 6.07) is 7.74. The molecule has 0 aliphatic heterocycles. The van der Waals surface area contributed by atoms with Crippen LogP contribution in [-0.4, -0.2) is 24.3 Å². The molecular weight excluding hydrogens is 252 g/mol. The minimum absolute atomic E-state index is 0.185. The van der Waals surface area contributed by atoms with E-state index in [-0.39, 0.29) is 6.10 Å². The Morgan fingerprint density at radius 3 is 2.90 bits per heavy atom. The van der Waals surface area contributed by atoms with Crippen LogP contribution >= 0.6 is 0 Å². The third kappa shape index (κ3) is 2.56. The molecule has 0 spiro atoms. The van der Waals surface area contributed by atoms with Gasteiger partial charge < -0.3 is 15.2 Å². The molecule has 0 amide bonds. The van der Waals surface area contributed by atoms with Crippen LogP contribution < -0.4 is 10.5 Å². The molecule has 1 aliphatic rings. The Balaban J connectivity index is 1.82. The minimum atomic E-state index is 0.185. The minimum Gasteiger partial charge on any atom is -0.488 e. The third-order valence-electron chi connectivity index (χ3n) is 3.99. The number of hydrogen-bond acceptors (Lipinski definition) is 4. The van der Waals surface area contributed by atoms with Crippen molar-refractivity contribution in [3.8, 4) is 5.75 Å². The highest BCUT2D eigenvalue weighted by atomic mass is 16.5. The molecule has 2 unspecified atom stereocenters. The molecule has 106 valence electrons. The topological polar surface area (TPSA) is 57.4 Å². The normalized spacial score (nSPS) is 22.9. The zero-order chi connectivity index (χ0) is 13.9. The van der Waals surface area contributed by atoms with E-state index in [1.807, 2.05) is 24.3 Å². The van der Waals surface area contributed by atoms with Crippen LogP contribution in [0.2, 0.25) is 0 Å². The number of pyridine rings is 1. The Bertz CT molecular complexity index is 600. The van der Waals surface area contributed by atoms with Gasteiger partial charge in [0.15, 0.2) is 0 Å². The molecule has 4 nitrogen and oxygen atoms in total. The molecule has 3 rings (SSSR count). The molecule has 20 heavy (non-hydrogen) atoms. The van der Waals surface area contributed by atoms with Gasteiger partial charge in [0.25, 0.3) is 0 Å². The maximum absolute atomic E-state index is 6.21. The summed E-state index contributed by atoms with van der Waals surface area (Å²) in [5.74, 6) is 0.757. The van der Waals surface area contributed by atoms with Crippen molar-refractivity contribution in [3.63, 3.8) is 0 Å². The lowest BCUT2D eigenvalue weighted by Gasteiger charge is -2.29. The SMILES string of the molecule is COC1CCCC(Oc2ccc3ncccc3c2N)C1. The van der Waals surface area contributed by atoms with E-state index < -0.39 is 0 Å². The van der Waals surface area contributed by atoms with Crippen LogP contribution in [0.5, 0.6) is 5.75 Å². The first-order valence-corrected chi connectivity index (χ1v) is 7.10. The van der Waals surface area contributed by atoms with Crippen molar-refractivity contribution in [2.45, 2.75) is 37.9 Å². The number of hydrogen-bond donors (Lipinski definition) is 1. The standard InChI is InChI=1S/C16H20N2O2/c1-19-11-4-2-5-12(10-11)20-15-8-7-14-13(16(15)17)6-3-9-18-14/h3,6-9,11-12H,2,4-5,10,17H2,1H3. The predicted molar refractivity (Wildman–Crippen MR) is 79.8 cm³/mol. The number of anilines is 1. The number of rotatable bonds is 3.